The van der Waals surface area contributed by atoms with Gasteiger partial charge in [-0.1, -0.05) is 6.42 Å². The highest BCUT2D eigenvalue weighted by atomic mass is 32.1. The molecule has 0 saturated heterocycles. The molecule has 1 aromatic rings. The van der Waals surface area contributed by atoms with Gasteiger partial charge in [0, 0.05) is 17.3 Å². The van der Waals surface area contributed by atoms with E-state index in [-0.39, 0.29) is 0 Å². The lowest BCUT2D eigenvalue weighted by atomic mass is 9.83. The molecule has 1 aliphatic heterocycles. The van der Waals surface area contributed by atoms with Crippen LogP contribution in [-0.4, -0.2) is 17.4 Å². The topological polar surface area (TPSA) is 20.3 Å². The van der Waals surface area contributed by atoms with E-state index in [0.717, 1.165) is 25.8 Å². The molecular formula is C13H17NOS. The summed E-state index contributed by atoms with van der Waals surface area (Å²) in [4.78, 5) is 15.8. The van der Waals surface area contributed by atoms with Crippen molar-refractivity contribution in [1.82, 2.24) is 4.90 Å². The first-order valence-electron chi connectivity index (χ1n) is 6.14. The molecule has 0 radical (unpaired) electrons. The lowest BCUT2D eigenvalue weighted by Crippen LogP contribution is -2.43. The van der Waals surface area contributed by atoms with Crippen LogP contribution in [0.3, 0.4) is 0 Å². The zero-order valence-corrected chi connectivity index (χ0v) is 10.4. The van der Waals surface area contributed by atoms with Crippen LogP contribution in [0.4, 0.5) is 0 Å². The molecule has 1 aromatic heterocycles. The van der Waals surface area contributed by atoms with E-state index in [1.54, 1.807) is 0 Å². The van der Waals surface area contributed by atoms with E-state index < -0.39 is 0 Å². The number of amides is 1. The Labute approximate surface area is 100 Å². The van der Waals surface area contributed by atoms with Crippen molar-refractivity contribution in [2.75, 3.05) is 6.54 Å². The monoisotopic (exact) mass is 235 g/mol. The van der Waals surface area contributed by atoms with Gasteiger partial charge in [0.25, 0.3) is 0 Å². The van der Waals surface area contributed by atoms with E-state index >= 15 is 0 Å². The lowest BCUT2D eigenvalue weighted by molar-refractivity contribution is -0.140. The third-order valence-corrected chi connectivity index (χ3v) is 5.01. The number of rotatable bonds is 1. The van der Waals surface area contributed by atoms with Crippen LogP contribution >= 0.6 is 11.3 Å². The summed E-state index contributed by atoms with van der Waals surface area (Å²) in [5.41, 5.74) is 1.38. The number of thiophene rings is 1. The average Bonchev–Trinajstić information content (AvgIpc) is 2.63. The van der Waals surface area contributed by atoms with Crippen LogP contribution in [0, 0.1) is 5.92 Å². The average molecular weight is 235 g/mol. The minimum atomic E-state index is 0.295. The minimum absolute atomic E-state index is 0.295. The molecule has 0 aromatic carbocycles. The maximum atomic E-state index is 12.3. The van der Waals surface area contributed by atoms with Gasteiger partial charge in [-0.05, 0) is 43.2 Å². The fourth-order valence-electron chi connectivity index (χ4n) is 2.70. The summed E-state index contributed by atoms with van der Waals surface area (Å²) < 4.78 is 0. The van der Waals surface area contributed by atoms with Crippen LogP contribution < -0.4 is 0 Å². The van der Waals surface area contributed by atoms with E-state index in [9.17, 15) is 4.79 Å². The first-order chi connectivity index (χ1) is 7.77. The van der Waals surface area contributed by atoms with Crippen LogP contribution in [0.2, 0.25) is 0 Å². The molecule has 16 heavy (non-hydrogen) atoms. The standard InChI is InChI=1S/C13H17NOS/c1-9-11-6-8-16-12(11)5-7-14(9)13(15)10-3-2-4-10/h6,8-10H,2-5,7H2,1H3. The Morgan fingerprint density at radius 3 is 3.00 bits per heavy atom. The van der Waals surface area contributed by atoms with E-state index in [4.69, 9.17) is 0 Å². The summed E-state index contributed by atoms with van der Waals surface area (Å²) >= 11 is 1.83. The first kappa shape index (κ1) is 10.3. The lowest BCUT2D eigenvalue weighted by Gasteiger charge is -2.38. The van der Waals surface area contributed by atoms with Crippen LogP contribution in [0.1, 0.15) is 42.7 Å². The van der Waals surface area contributed by atoms with Crippen molar-refractivity contribution in [3.63, 3.8) is 0 Å². The smallest absolute Gasteiger partial charge is 0.226 e. The maximum absolute atomic E-state index is 12.3. The molecule has 3 rings (SSSR count). The molecule has 1 amide bonds. The summed E-state index contributed by atoms with van der Waals surface area (Å²) in [6.07, 6.45) is 4.51. The molecule has 3 heteroatoms. The van der Waals surface area contributed by atoms with E-state index in [0.29, 0.717) is 17.9 Å². The maximum Gasteiger partial charge on any atom is 0.226 e. The second-order valence-electron chi connectivity index (χ2n) is 4.88. The van der Waals surface area contributed by atoms with Gasteiger partial charge in [-0.25, -0.2) is 0 Å². The Kier molecular flexibility index (Phi) is 2.51. The Bertz CT molecular complexity index is 408. The zero-order chi connectivity index (χ0) is 11.1. The molecule has 2 aliphatic rings. The van der Waals surface area contributed by atoms with Crippen molar-refractivity contribution in [3.05, 3.63) is 21.9 Å². The number of hydrogen-bond donors (Lipinski definition) is 0. The fourth-order valence-corrected chi connectivity index (χ4v) is 3.66. The molecule has 1 aliphatic carbocycles. The van der Waals surface area contributed by atoms with E-state index in [2.05, 4.69) is 23.3 Å². The molecule has 1 fully saturated rings. The summed E-state index contributed by atoms with van der Waals surface area (Å²) in [6, 6.07) is 2.48. The largest absolute Gasteiger partial charge is 0.335 e. The highest BCUT2D eigenvalue weighted by Gasteiger charge is 2.34. The van der Waals surface area contributed by atoms with Gasteiger partial charge in [0.05, 0.1) is 6.04 Å². The molecule has 0 bridgehead atoms. The second kappa shape index (κ2) is 3.88. The molecule has 2 heterocycles. The SMILES string of the molecule is CC1c2ccsc2CCN1C(=O)C1CCC1. The normalized spacial score (nSPS) is 25.1. The molecule has 0 spiro atoms. The number of nitrogens with zero attached hydrogens (tertiary/aromatic N) is 1. The fraction of sp³-hybridized carbons (Fsp3) is 0.615. The third kappa shape index (κ3) is 1.49. The highest BCUT2D eigenvalue weighted by molar-refractivity contribution is 7.10. The molecule has 1 atom stereocenters. The van der Waals surface area contributed by atoms with E-state index in [1.807, 2.05) is 11.3 Å². The van der Waals surface area contributed by atoms with Crippen molar-refractivity contribution in [2.24, 2.45) is 5.92 Å². The van der Waals surface area contributed by atoms with Crippen LogP contribution in [-0.2, 0) is 11.2 Å². The zero-order valence-electron chi connectivity index (χ0n) is 9.61. The van der Waals surface area contributed by atoms with Crippen molar-refractivity contribution < 1.29 is 4.79 Å². The highest BCUT2D eigenvalue weighted by Crippen LogP contribution is 2.36. The minimum Gasteiger partial charge on any atom is -0.335 e. The molecule has 1 saturated carbocycles. The Morgan fingerprint density at radius 1 is 1.50 bits per heavy atom. The predicted molar refractivity (Wildman–Crippen MR) is 65.5 cm³/mol. The quantitative estimate of drug-likeness (QED) is 0.733. The summed E-state index contributed by atoms with van der Waals surface area (Å²) in [5.74, 6) is 0.734. The van der Waals surface area contributed by atoms with Crippen molar-refractivity contribution in [1.29, 1.82) is 0 Å². The van der Waals surface area contributed by atoms with Gasteiger partial charge in [0.15, 0.2) is 0 Å². The molecule has 86 valence electrons. The number of carbonyl (C=O) groups is 1. The summed E-state index contributed by atoms with van der Waals surface area (Å²) in [7, 11) is 0. The summed E-state index contributed by atoms with van der Waals surface area (Å²) in [6.45, 7) is 3.09. The Morgan fingerprint density at radius 2 is 2.31 bits per heavy atom. The van der Waals surface area contributed by atoms with Gasteiger partial charge in [-0.3, -0.25) is 4.79 Å². The molecule has 2 nitrogen and oxygen atoms in total. The molecular weight excluding hydrogens is 218 g/mol. The van der Waals surface area contributed by atoms with Gasteiger partial charge in [-0.15, -0.1) is 11.3 Å². The third-order valence-electron chi connectivity index (χ3n) is 4.01. The number of carbonyl (C=O) groups excluding carboxylic acids is 1. The van der Waals surface area contributed by atoms with Crippen molar-refractivity contribution >= 4 is 17.2 Å². The van der Waals surface area contributed by atoms with E-state index in [1.165, 1.54) is 16.9 Å². The molecule has 0 N–H and O–H groups in total. The predicted octanol–water partition coefficient (Wildman–Crippen LogP) is 2.99. The van der Waals surface area contributed by atoms with Gasteiger partial charge in [0.2, 0.25) is 5.91 Å². The van der Waals surface area contributed by atoms with Gasteiger partial charge >= 0.3 is 0 Å². The van der Waals surface area contributed by atoms with Crippen LogP contribution in [0.5, 0.6) is 0 Å². The molecule has 1 unspecified atom stereocenters. The number of fused-ring (bicyclic) bond motifs is 1. The van der Waals surface area contributed by atoms with Crippen LogP contribution in [0.25, 0.3) is 0 Å². The van der Waals surface area contributed by atoms with Gasteiger partial charge < -0.3 is 4.90 Å². The first-order valence-corrected chi connectivity index (χ1v) is 7.02. The van der Waals surface area contributed by atoms with Crippen molar-refractivity contribution in [2.45, 2.75) is 38.6 Å². The van der Waals surface area contributed by atoms with Gasteiger partial charge in [-0.2, -0.15) is 0 Å². The van der Waals surface area contributed by atoms with Crippen LogP contribution in [0.15, 0.2) is 11.4 Å². The Balaban J connectivity index is 1.81. The summed E-state index contributed by atoms with van der Waals surface area (Å²) in [5, 5.41) is 2.15. The van der Waals surface area contributed by atoms with Gasteiger partial charge in [0.1, 0.15) is 0 Å². The second-order valence-corrected chi connectivity index (χ2v) is 5.89. The number of hydrogen-bond acceptors (Lipinski definition) is 2. The van der Waals surface area contributed by atoms with Crippen molar-refractivity contribution in [3.8, 4) is 0 Å². The Hall–Kier alpha value is -0.830.